The Labute approximate surface area is 198 Å². The van der Waals surface area contributed by atoms with Crippen molar-refractivity contribution in [3.05, 3.63) is 41.0 Å². The number of nitrogens with one attached hydrogen (secondary N) is 1. The summed E-state index contributed by atoms with van der Waals surface area (Å²) in [6.07, 6.45) is 1.04. The van der Waals surface area contributed by atoms with E-state index in [9.17, 15) is 23.2 Å². The van der Waals surface area contributed by atoms with E-state index in [1.54, 1.807) is 13.0 Å². The molecule has 1 amide bonds. The van der Waals surface area contributed by atoms with Crippen molar-refractivity contribution in [2.45, 2.75) is 72.1 Å². The molecule has 9 heteroatoms. The van der Waals surface area contributed by atoms with Crippen LogP contribution in [0.1, 0.15) is 80.4 Å². The van der Waals surface area contributed by atoms with Gasteiger partial charge < -0.3 is 10.1 Å². The second-order valence-corrected chi connectivity index (χ2v) is 8.96. The molecular weight excluding hydrogens is 445 g/mol. The first-order valence-electron chi connectivity index (χ1n) is 11.9. The van der Waals surface area contributed by atoms with E-state index in [1.165, 1.54) is 16.7 Å². The van der Waals surface area contributed by atoms with Crippen LogP contribution in [0.5, 0.6) is 5.75 Å². The number of amides is 1. The van der Waals surface area contributed by atoms with Gasteiger partial charge in [-0.25, -0.2) is 4.98 Å². The minimum absolute atomic E-state index is 0.0263. The van der Waals surface area contributed by atoms with E-state index in [1.807, 2.05) is 13.0 Å². The number of halogens is 3. The highest BCUT2D eigenvalue weighted by Crippen LogP contribution is 2.33. The first-order chi connectivity index (χ1) is 16.2. The molecule has 1 aromatic carbocycles. The van der Waals surface area contributed by atoms with Crippen LogP contribution < -0.4 is 10.1 Å². The number of nitriles is 1. The van der Waals surface area contributed by atoms with Crippen LogP contribution in [0.2, 0.25) is 0 Å². The van der Waals surface area contributed by atoms with E-state index in [2.05, 4.69) is 22.0 Å². The molecule has 3 rings (SSSR count). The normalized spacial score (nSPS) is 18.4. The summed E-state index contributed by atoms with van der Waals surface area (Å²) in [5.41, 5.74) is 0.515. The molecule has 2 aromatic rings. The van der Waals surface area contributed by atoms with Crippen molar-refractivity contribution in [3.8, 4) is 17.5 Å². The minimum atomic E-state index is -4.91. The van der Waals surface area contributed by atoms with Crippen molar-refractivity contribution < 1.29 is 22.7 Å². The number of imidazole rings is 1. The fourth-order valence-electron chi connectivity index (χ4n) is 4.47. The van der Waals surface area contributed by atoms with Gasteiger partial charge >= 0.3 is 6.36 Å². The molecule has 1 heterocycles. The molecule has 1 N–H and O–H groups in total. The van der Waals surface area contributed by atoms with Gasteiger partial charge in [-0.05, 0) is 48.8 Å². The Hall–Kier alpha value is -3.02. The van der Waals surface area contributed by atoms with Gasteiger partial charge in [0.15, 0.2) is 17.1 Å². The fourth-order valence-corrected chi connectivity index (χ4v) is 4.47. The van der Waals surface area contributed by atoms with Gasteiger partial charge in [-0.2, -0.15) is 5.26 Å². The van der Waals surface area contributed by atoms with Crippen LogP contribution in [-0.2, 0) is 12.8 Å². The summed E-state index contributed by atoms with van der Waals surface area (Å²) in [6, 6.07) is 6.49. The summed E-state index contributed by atoms with van der Waals surface area (Å²) in [5, 5.41) is 12.7. The second-order valence-electron chi connectivity index (χ2n) is 8.96. The maximum absolute atomic E-state index is 13.2. The number of aromatic nitrogens is 2. The van der Waals surface area contributed by atoms with Gasteiger partial charge in [0.25, 0.3) is 5.91 Å². The molecule has 1 aliphatic rings. The quantitative estimate of drug-likeness (QED) is 0.529. The lowest BCUT2D eigenvalue weighted by atomic mass is 9.83. The molecule has 6 nitrogen and oxygen atoms in total. The molecule has 0 spiro atoms. The summed E-state index contributed by atoms with van der Waals surface area (Å²) in [7, 11) is 0. The average molecular weight is 477 g/mol. The van der Waals surface area contributed by atoms with E-state index in [4.69, 9.17) is 0 Å². The number of benzene rings is 1. The Kier molecular flexibility index (Phi) is 8.24. The summed E-state index contributed by atoms with van der Waals surface area (Å²) < 4.78 is 45.2. The Morgan fingerprint density at radius 1 is 1.26 bits per heavy atom. The lowest BCUT2D eigenvalue weighted by Gasteiger charge is -2.26. The lowest BCUT2D eigenvalue weighted by Crippen LogP contribution is -2.31. The SMILES string of the molecule is CCCc1ccc(-n2c(CC)nc(C(=O)NCC3CCC(C)CC3)c2C#N)c(OC(F)(F)F)c1. The number of hydrogen-bond acceptors (Lipinski definition) is 4. The van der Waals surface area contributed by atoms with Gasteiger partial charge in [-0.3, -0.25) is 9.36 Å². The third-order valence-electron chi connectivity index (χ3n) is 6.30. The molecule has 1 aromatic heterocycles. The van der Waals surface area contributed by atoms with Crippen LogP contribution in [0.4, 0.5) is 13.2 Å². The first kappa shape index (κ1) is 25.6. The minimum Gasteiger partial charge on any atom is -0.404 e. The molecule has 1 saturated carbocycles. The van der Waals surface area contributed by atoms with Crippen LogP contribution in [0, 0.1) is 23.2 Å². The largest absolute Gasteiger partial charge is 0.573 e. The first-order valence-corrected chi connectivity index (χ1v) is 11.9. The van der Waals surface area contributed by atoms with Crippen LogP contribution in [0.25, 0.3) is 5.69 Å². The van der Waals surface area contributed by atoms with Crippen LogP contribution in [0.3, 0.4) is 0 Å². The zero-order valence-electron chi connectivity index (χ0n) is 19.8. The number of ether oxygens (including phenoxy) is 1. The molecule has 184 valence electrons. The Balaban J connectivity index is 1.96. The highest BCUT2D eigenvalue weighted by Gasteiger charge is 2.34. The molecule has 1 fully saturated rings. The zero-order chi connectivity index (χ0) is 24.9. The van der Waals surface area contributed by atoms with Gasteiger partial charge in [0, 0.05) is 13.0 Å². The van der Waals surface area contributed by atoms with Crippen LogP contribution in [0.15, 0.2) is 18.2 Å². The van der Waals surface area contributed by atoms with Crippen molar-refractivity contribution in [1.82, 2.24) is 14.9 Å². The van der Waals surface area contributed by atoms with E-state index in [0.29, 0.717) is 42.6 Å². The average Bonchev–Trinajstić information content (AvgIpc) is 3.16. The maximum atomic E-state index is 13.2. The highest BCUT2D eigenvalue weighted by molar-refractivity contribution is 5.94. The van der Waals surface area contributed by atoms with Crippen LogP contribution in [-0.4, -0.2) is 28.4 Å². The number of hydrogen-bond donors (Lipinski definition) is 1. The van der Waals surface area contributed by atoms with E-state index < -0.39 is 18.0 Å². The maximum Gasteiger partial charge on any atom is 0.573 e. The third kappa shape index (κ3) is 6.10. The van der Waals surface area contributed by atoms with E-state index in [-0.39, 0.29) is 17.1 Å². The number of rotatable bonds is 8. The topological polar surface area (TPSA) is 79.9 Å². The number of alkyl halides is 3. The summed E-state index contributed by atoms with van der Waals surface area (Å²) >= 11 is 0. The van der Waals surface area contributed by atoms with Gasteiger partial charge in [-0.15, -0.1) is 13.2 Å². The Bertz CT molecular complexity index is 1050. The fraction of sp³-hybridized carbons (Fsp3) is 0.560. The Morgan fingerprint density at radius 3 is 2.56 bits per heavy atom. The highest BCUT2D eigenvalue weighted by atomic mass is 19.4. The van der Waals surface area contributed by atoms with Gasteiger partial charge in [0.1, 0.15) is 11.9 Å². The third-order valence-corrected chi connectivity index (χ3v) is 6.30. The van der Waals surface area contributed by atoms with Gasteiger partial charge in [0.05, 0.1) is 5.69 Å². The van der Waals surface area contributed by atoms with Crippen LogP contribution >= 0.6 is 0 Å². The molecule has 34 heavy (non-hydrogen) atoms. The van der Waals surface area contributed by atoms with E-state index in [0.717, 1.165) is 32.1 Å². The van der Waals surface area contributed by atoms with Crippen molar-refractivity contribution in [3.63, 3.8) is 0 Å². The zero-order valence-corrected chi connectivity index (χ0v) is 19.8. The summed E-state index contributed by atoms with van der Waals surface area (Å²) in [5.74, 6) is 0.450. The molecule has 0 saturated heterocycles. The predicted octanol–water partition coefficient (Wildman–Crippen LogP) is 5.71. The number of aryl methyl sites for hydroxylation is 2. The van der Waals surface area contributed by atoms with Crippen molar-refractivity contribution in [1.29, 1.82) is 5.26 Å². The second kappa shape index (κ2) is 10.9. The number of carbonyl (C=O) groups is 1. The standard InChI is InChI=1S/C25H31F3N4O2/c1-4-6-17-11-12-19(21(13-17)34-25(26,27)28)32-20(14-29)23(31-22(32)5-2)24(33)30-15-18-9-7-16(3)8-10-18/h11-13,16,18H,4-10,15H2,1-3H3,(H,30,33). The van der Waals surface area contributed by atoms with Gasteiger partial charge in [0.2, 0.25) is 0 Å². The molecule has 0 radical (unpaired) electrons. The van der Waals surface area contributed by atoms with E-state index >= 15 is 0 Å². The van der Waals surface area contributed by atoms with Crippen molar-refractivity contribution in [2.75, 3.05) is 6.54 Å². The summed E-state index contributed by atoms with van der Waals surface area (Å²) in [6.45, 7) is 6.40. The van der Waals surface area contributed by atoms with Crippen molar-refractivity contribution >= 4 is 5.91 Å². The molecule has 1 aliphatic carbocycles. The molecule has 0 bridgehead atoms. The molecular formula is C25H31F3N4O2. The molecule has 0 unspecified atom stereocenters. The smallest absolute Gasteiger partial charge is 0.404 e. The lowest BCUT2D eigenvalue weighted by molar-refractivity contribution is -0.274. The predicted molar refractivity (Wildman–Crippen MR) is 122 cm³/mol. The van der Waals surface area contributed by atoms with Gasteiger partial charge in [-0.1, -0.05) is 46.1 Å². The number of carbonyl (C=O) groups excluding carboxylic acids is 1. The molecule has 0 atom stereocenters. The summed E-state index contributed by atoms with van der Waals surface area (Å²) in [4.78, 5) is 17.3. The monoisotopic (exact) mass is 476 g/mol. The molecule has 0 aliphatic heterocycles. The number of nitrogens with zero attached hydrogens (tertiary/aromatic N) is 3. The van der Waals surface area contributed by atoms with Crippen molar-refractivity contribution in [2.24, 2.45) is 11.8 Å². The Morgan fingerprint density at radius 2 is 1.97 bits per heavy atom.